The molecule has 0 bridgehead atoms. The maximum atomic E-state index is 5.07. The average molecular weight is 627 g/mol. The van der Waals surface area contributed by atoms with E-state index in [-0.39, 0.29) is 0 Å². The molecule has 0 saturated heterocycles. The molecule has 0 aliphatic carbocycles. The molecule has 0 atom stereocenters. The molecule has 0 N–H and O–H groups in total. The molecule has 49 heavy (non-hydrogen) atoms. The summed E-state index contributed by atoms with van der Waals surface area (Å²) in [6, 6.07) is 63.4. The third-order valence-electron chi connectivity index (χ3n) is 9.02. The number of nitrogens with zero attached hydrogens (tertiary/aromatic N) is 4. The molecule has 7 aromatic carbocycles. The minimum absolute atomic E-state index is 0.630. The highest BCUT2D eigenvalue weighted by Crippen LogP contribution is 2.36. The lowest BCUT2D eigenvalue weighted by atomic mass is 9.95. The van der Waals surface area contributed by atoms with Gasteiger partial charge in [0.05, 0.1) is 11.0 Å². The van der Waals surface area contributed by atoms with Gasteiger partial charge in [-0.25, -0.2) is 15.0 Å². The standard InChI is InChI=1S/C45H30N4/c1-4-15-31(16-5-1)35-27-36(34-21-14-22-38(30-34)49-41-25-12-10-23-39(41)40-24-11-13-26-42(40)49)29-37(28-35)45-47-43(32-17-6-2-7-18-32)46-44(48-45)33-19-8-3-9-20-33/h1-30H. The summed E-state index contributed by atoms with van der Waals surface area (Å²) in [5, 5.41) is 2.49. The second-order valence-electron chi connectivity index (χ2n) is 12.1. The van der Waals surface area contributed by atoms with Crippen LogP contribution in [0.2, 0.25) is 0 Å². The Hall–Kier alpha value is -6.65. The molecule has 9 rings (SSSR count). The van der Waals surface area contributed by atoms with Gasteiger partial charge < -0.3 is 4.57 Å². The van der Waals surface area contributed by atoms with E-state index in [2.05, 4.69) is 120 Å². The van der Waals surface area contributed by atoms with Crippen LogP contribution in [0, 0.1) is 0 Å². The second-order valence-corrected chi connectivity index (χ2v) is 12.1. The number of benzene rings is 7. The Morgan fingerprint density at radius 2 is 0.694 bits per heavy atom. The van der Waals surface area contributed by atoms with Gasteiger partial charge in [-0.1, -0.05) is 140 Å². The van der Waals surface area contributed by atoms with Crippen molar-refractivity contribution in [2.24, 2.45) is 0 Å². The van der Waals surface area contributed by atoms with Gasteiger partial charge in [-0.05, 0) is 64.7 Å². The van der Waals surface area contributed by atoms with Crippen molar-refractivity contribution in [3.8, 4) is 62.1 Å². The van der Waals surface area contributed by atoms with Crippen LogP contribution in [0.5, 0.6) is 0 Å². The van der Waals surface area contributed by atoms with E-state index < -0.39 is 0 Å². The van der Waals surface area contributed by atoms with Crippen molar-refractivity contribution in [3.63, 3.8) is 0 Å². The van der Waals surface area contributed by atoms with Gasteiger partial charge in [0.1, 0.15) is 0 Å². The van der Waals surface area contributed by atoms with Crippen molar-refractivity contribution in [3.05, 3.63) is 182 Å². The van der Waals surface area contributed by atoms with Crippen LogP contribution in [0.1, 0.15) is 0 Å². The zero-order valence-electron chi connectivity index (χ0n) is 26.6. The van der Waals surface area contributed by atoms with E-state index in [0.29, 0.717) is 17.5 Å². The molecule has 0 aliphatic rings. The molecule has 2 aromatic heterocycles. The number of para-hydroxylation sites is 2. The quantitative estimate of drug-likeness (QED) is 0.184. The zero-order valence-corrected chi connectivity index (χ0v) is 26.6. The van der Waals surface area contributed by atoms with E-state index in [9.17, 15) is 0 Å². The van der Waals surface area contributed by atoms with E-state index in [0.717, 1.165) is 44.6 Å². The molecule has 9 aromatic rings. The van der Waals surface area contributed by atoms with Crippen LogP contribution in [-0.2, 0) is 0 Å². The topological polar surface area (TPSA) is 43.6 Å². The Balaban J connectivity index is 1.25. The molecule has 2 heterocycles. The number of fused-ring (bicyclic) bond motifs is 3. The summed E-state index contributed by atoms with van der Waals surface area (Å²) in [5.74, 6) is 1.92. The summed E-state index contributed by atoms with van der Waals surface area (Å²) in [4.78, 5) is 15.1. The first kappa shape index (κ1) is 28.6. The molecular formula is C45H30N4. The predicted octanol–water partition coefficient (Wildman–Crippen LogP) is 11.3. The summed E-state index contributed by atoms with van der Waals surface area (Å²) >= 11 is 0. The summed E-state index contributed by atoms with van der Waals surface area (Å²) in [5.41, 5.74) is 10.7. The molecule has 0 saturated carbocycles. The average Bonchev–Trinajstić information content (AvgIpc) is 3.53. The van der Waals surface area contributed by atoms with Gasteiger partial charge in [0.25, 0.3) is 0 Å². The fourth-order valence-corrected chi connectivity index (χ4v) is 6.68. The smallest absolute Gasteiger partial charge is 0.164 e. The van der Waals surface area contributed by atoms with E-state index in [1.807, 2.05) is 66.7 Å². The van der Waals surface area contributed by atoms with E-state index in [4.69, 9.17) is 15.0 Å². The Morgan fingerprint density at radius 1 is 0.286 bits per heavy atom. The Bertz CT molecular complexity index is 2480. The Kier molecular flexibility index (Phi) is 7.10. The highest BCUT2D eigenvalue weighted by Gasteiger charge is 2.16. The molecule has 4 nitrogen and oxygen atoms in total. The lowest BCUT2D eigenvalue weighted by Gasteiger charge is -2.14. The van der Waals surface area contributed by atoms with Crippen LogP contribution in [-0.4, -0.2) is 19.5 Å². The molecule has 4 heteroatoms. The van der Waals surface area contributed by atoms with Crippen LogP contribution in [0.15, 0.2) is 182 Å². The molecule has 0 radical (unpaired) electrons. The van der Waals surface area contributed by atoms with Crippen molar-refractivity contribution < 1.29 is 0 Å². The molecule has 230 valence electrons. The van der Waals surface area contributed by atoms with Crippen molar-refractivity contribution in [1.29, 1.82) is 0 Å². The summed E-state index contributed by atoms with van der Waals surface area (Å²) < 4.78 is 2.36. The lowest BCUT2D eigenvalue weighted by molar-refractivity contribution is 1.07. The van der Waals surface area contributed by atoms with Crippen LogP contribution in [0.25, 0.3) is 83.9 Å². The highest BCUT2D eigenvalue weighted by molar-refractivity contribution is 6.09. The minimum Gasteiger partial charge on any atom is -0.309 e. The Labute approximate surface area is 284 Å². The van der Waals surface area contributed by atoms with Gasteiger partial charge in [-0.15, -0.1) is 0 Å². The summed E-state index contributed by atoms with van der Waals surface area (Å²) in [7, 11) is 0. The normalized spacial score (nSPS) is 11.3. The zero-order chi connectivity index (χ0) is 32.6. The molecule has 0 spiro atoms. The Morgan fingerprint density at radius 3 is 1.24 bits per heavy atom. The van der Waals surface area contributed by atoms with Crippen LogP contribution in [0.3, 0.4) is 0 Å². The maximum Gasteiger partial charge on any atom is 0.164 e. The number of hydrogen-bond donors (Lipinski definition) is 0. The lowest BCUT2D eigenvalue weighted by Crippen LogP contribution is -2.00. The van der Waals surface area contributed by atoms with Crippen molar-refractivity contribution >= 4 is 21.8 Å². The predicted molar refractivity (Wildman–Crippen MR) is 201 cm³/mol. The van der Waals surface area contributed by atoms with E-state index in [1.165, 1.54) is 21.8 Å². The third-order valence-corrected chi connectivity index (χ3v) is 9.02. The van der Waals surface area contributed by atoms with Crippen LogP contribution in [0.4, 0.5) is 0 Å². The SMILES string of the molecule is c1ccc(-c2cc(-c3cccc(-n4c5ccccc5c5ccccc54)c3)cc(-c3nc(-c4ccccc4)nc(-c4ccccc4)n3)c2)cc1. The number of rotatable bonds is 6. The summed E-state index contributed by atoms with van der Waals surface area (Å²) in [6.45, 7) is 0. The van der Waals surface area contributed by atoms with Gasteiger partial charge in [0.15, 0.2) is 17.5 Å². The third kappa shape index (κ3) is 5.35. The fraction of sp³-hybridized carbons (Fsp3) is 0. The first-order valence-corrected chi connectivity index (χ1v) is 16.5. The molecule has 0 amide bonds. The van der Waals surface area contributed by atoms with Gasteiger partial charge in [0, 0.05) is 33.2 Å². The molecular weight excluding hydrogens is 597 g/mol. The maximum absolute atomic E-state index is 5.07. The van der Waals surface area contributed by atoms with Crippen molar-refractivity contribution in [2.75, 3.05) is 0 Å². The van der Waals surface area contributed by atoms with Gasteiger partial charge >= 0.3 is 0 Å². The summed E-state index contributed by atoms with van der Waals surface area (Å²) in [6.07, 6.45) is 0. The molecule has 0 unspecified atom stereocenters. The van der Waals surface area contributed by atoms with Crippen molar-refractivity contribution in [1.82, 2.24) is 19.5 Å². The van der Waals surface area contributed by atoms with Gasteiger partial charge in [-0.3, -0.25) is 0 Å². The molecule has 0 fully saturated rings. The van der Waals surface area contributed by atoms with Crippen LogP contribution >= 0.6 is 0 Å². The largest absolute Gasteiger partial charge is 0.309 e. The van der Waals surface area contributed by atoms with Gasteiger partial charge in [-0.2, -0.15) is 0 Å². The molecule has 0 aliphatic heterocycles. The second kappa shape index (κ2) is 12.2. The first-order valence-electron chi connectivity index (χ1n) is 16.5. The van der Waals surface area contributed by atoms with Crippen LogP contribution < -0.4 is 0 Å². The highest BCUT2D eigenvalue weighted by atomic mass is 15.0. The van der Waals surface area contributed by atoms with E-state index in [1.54, 1.807) is 0 Å². The van der Waals surface area contributed by atoms with Crippen molar-refractivity contribution in [2.45, 2.75) is 0 Å². The minimum atomic E-state index is 0.630. The van der Waals surface area contributed by atoms with E-state index >= 15 is 0 Å². The first-order chi connectivity index (χ1) is 24.3. The fourth-order valence-electron chi connectivity index (χ4n) is 6.68. The monoisotopic (exact) mass is 626 g/mol. The number of hydrogen-bond acceptors (Lipinski definition) is 3. The number of aromatic nitrogens is 4. The van der Waals surface area contributed by atoms with Gasteiger partial charge in [0.2, 0.25) is 0 Å².